The summed E-state index contributed by atoms with van der Waals surface area (Å²) < 4.78 is 6.48. The molecule has 2 heterocycles. The van der Waals surface area contributed by atoms with Crippen molar-refractivity contribution in [3.8, 4) is 89.8 Å². The lowest BCUT2D eigenvalue weighted by Gasteiger charge is -2.30. The Morgan fingerprint density at radius 2 is 0.721 bits per heavy atom. The van der Waals surface area contributed by atoms with Crippen LogP contribution < -0.4 is 0 Å². The summed E-state index contributed by atoms with van der Waals surface area (Å²) in [4.78, 5) is 15.1. The molecule has 0 fully saturated rings. The van der Waals surface area contributed by atoms with Gasteiger partial charge in [0.2, 0.25) is 0 Å². The second-order valence-electron chi connectivity index (χ2n) is 17.8. The molecular formula is C64H39N3O. The molecule has 0 N–H and O–H groups in total. The highest BCUT2D eigenvalue weighted by Crippen LogP contribution is 2.64. The molecule has 1 spiro atoms. The van der Waals surface area contributed by atoms with Crippen molar-refractivity contribution in [3.63, 3.8) is 0 Å². The van der Waals surface area contributed by atoms with Crippen LogP contribution in [0, 0.1) is 0 Å². The lowest BCUT2D eigenvalue weighted by atomic mass is 9.70. The largest absolute Gasteiger partial charge is 0.456 e. The van der Waals surface area contributed by atoms with Gasteiger partial charge in [-0.3, -0.25) is 0 Å². The van der Waals surface area contributed by atoms with E-state index in [0.717, 1.165) is 55.3 Å². The van der Waals surface area contributed by atoms with Gasteiger partial charge in [0.25, 0.3) is 0 Å². The van der Waals surface area contributed by atoms with Gasteiger partial charge in [0.15, 0.2) is 17.5 Å². The molecule has 0 unspecified atom stereocenters. The Morgan fingerprint density at radius 3 is 1.34 bits per heavy atom. The van der Waals surface area contributed by atoms with E-state index < -0.39 is 0 Å². The predicted molar refractivity (Wildman–Crippen MR) is 276 cm³/mol. The highest BCUT2D eigenvalue weighted by Gasteiger charge is 2.51. The van der Waals surface area contributed by atoms with Crippen molar-refractivity contribution in [2.24, 2.45) is 0 Å². The van der Waals surface area contributed by atoms with E-state index in [1.54, 1.807) is 0 Å². The fourth-order valence-corrected chi connectivity index (χ4v) is 11.2. The number of hydrogen-bond donors (Lipinski definition) is 0. The Bertz CT molecular complexity index is 3840. The van der Waals surface area contributed by atoms with Crippen molar-refractivity contribution in [1.82, 2.24) is 15.0 Å². The number of rotatable bonds is 6. The maximum atomic E-state index is 6.48. The number of benzene rings is 10. The number of nitrogens with zero attached hydrogens (tertiary/aromatic N) is 3. The Hall–Kier alpha value is -8.99. The smallest absolute Gasteiger partial charge is 0.164 e. The molecular weight excluding hydrogens is 827 g/mol. The van der Waals surface area contributed by atoms with Gasteiger partial charge in [-0.05, 0) is 96.1 Å². The Kier molecular flexibility index (Phi) is 8.46. The maximum absolute atomic E-state index is 6.48. The molecule has 0 amide bonds. The molecule has 10 aromatic carbocycles. The van der Waals surface area contributed by atoms with Crippen LogP contribution >= 0.6 is 0 Å². The van der Waals surface area contributed by atoms with Crippen LogP contribution in [-0.2, 0) is 5.41 Å². The zero-order chi connectivity index (χ0) is 44.8. The van der Waals surface area contributed by atoms with Crippen LogP contribution in [0.15, 0.2) is 241 Å². The van der Waals surface area contributed by atoms with Crippen LogP contribution in [0.25, 0.3) is 112 Å². The van der Waals surface area contributed by atoms with Gasteiger partial charge in [-0.1, -0.05) is 218 Å². The third-order valence-electron chi connectivity index (χ3n) is 14.2. The van der Waals surface area contributed by atoms with Crippen molar-refractivity contribution in [3.05, 3.63) is 259 Å². The molecule has 2 aromatic heterocycles. The van der Waals surface area contributed by atoms with E-state index in [1.165, 1.54) is 61.2 Å². The van der Waals surface area contributed by atoms with Gasteiger partial charge in [0, 0.05) is 27.5 Å². The predicted octanol–water partition coefficient (Wildman–Crippen LogP) is 16.1. The van der Waals surface area contributed by atoms with Gasteiger partial charge in [-0.25, -0.2) is 15.0 Å². The third kappa shape index (κ3) is 5.71. The Labute approximate surface area is 393 Å². The summed E-state index contributed by atoms with van der Waals surface area (Å²) in [7, 11) is 0. The van der Waals surface area contributed by atoms with E-state index in [1.807, 2.05) is 72.8 Å². The summed E-state index contributed by atoms with van der Waals surface area (Å²) in [6.07, 6.45) is 0. The van der Waals surface area contributed by atoms with Crippen LogP contribution in [0.4, 0.5) is 0 Å². The number of hydrogen-bond acceptors (Lipinski definition) is 4. The molecule has 4 heteroatoms. The molecule has 12 aromatic rings. The zero-order valence-corrected chi connectivity index (χ0v) is 36.8. The van der Waals surface area contributed by atoms with Gasteiger partial charge < -0.3 is 4.42 Å². The molecule has 0 saturated heterocycles. The highest BCUT2D eigenvalue weighted by atomic mass is 16.3. The lowest BCUT2D eigenvalue weighted by Crippen LogP contribution is -2.25. The van der Waals surface area contributed by atoms with Crippen molar-refractivity contribution in [1.29, 1.82) is 0 Å². The van der Waals surface area contributed by atoms with Crippen LogP contribution in [0.5, 0.6) is 0 Å². The average molecular weight is 866 g/mol. The van der Waals surface area contributed by atoms with Crippen LogP contribution in [-0.4, -0.2) is 15.0 Å². The van der Waals surface area contributed by atoms with E-state index in [-0.39, 0.29) is 5.41 Å². The van der Waals surface area contributed by atoms with Gasteiger partial charge in [0.05, 0.1) is 5.41 Å². The molecule has 68 heavy (non-hydrogen) atoms. The second kappa shape index (κ2) is 15.0. The van der Waals surface area contributed by atoms with E-state index >= 15 is 0 Å². The SMILES string of the molecule is c1ccc(-c2nc(-c3ccccc3)nc(-c3cccc4oc5ccc(-c6ccc(-c7ccc(-c8cccc9c8-c8ccccc8C98c9ccccc9-c9ccccc98)cc7)cc6)cc5c34)n2)cc1. The van der Waals surface area contributed by atoms with Crippen LogP contribution in [0.3, 0.4) is 0 Å². The third-order valence-corrected chi connectivity index (χ3v) is 14.2. The quantitative estimate of drug-likeness (QED) is 0.167. The summed E-state index contributed by atoms with van der Waals surface area (Å²) >= 11 is 0. The first-order valence-corrected chi connectivity index (χ1v) is 23.2. The summed E-state index contributed by atoms with van der Waals surface area (Å²) in [6.45, 7) is 0. The summed E-state index contributed by atoms with van der Waals surface area (Å²) in [6, 6.07) is 84.6. The molecule has 2 aliphatic carbocycles. The topological polar surface area (TPSA) is 51.8 Å². The standard InChI is InChI=1S/C64H39N3O/c1-3-15-44(16-4-1)61-65-62(45-17-5-2-6-18-45)67-63(66-61)51-23-14-28-58-60(51)52-39-46(37-38-57(52)68-58)42-31-29-40(30-32-42)41-33-35-43(36-34-41)47-22-13-27-56-59(47)50-21-9-12-26-55(50)64(56)53-24-10-7-19-48(53)49-20-8-11-25-54(49)64/h1-39H. The van der Waals surface area contributed by atoms with Crippen LogP contribution in [0.2, 0.25) is 0 Å². The van der Waals surface area contributed by atoms with Gasteiger partial charge in [0.1, 0.15) is 11.2 Å². The Balaban J connectivity index is 0.811. The highest BCUT2D eigenvalue weighted by molar-refractivity contribution is 6.13. The minimum absolute atomic E-state index is 0.360. The summed E-state index contributed by atoms with van der Waals surface area (Å²) in [5.74, 6) is 1.85. The Morgan fingerprint density at radius 1 is 0.279 bits per heavy atom. The monoisotopic (exact) mass is 865 g/mol. The van der Waals surface area contributed by atoms with E-state index in [9.17, 15) is 0 Å². The molecule has 0 radical (unpaired) electrons. The molecule has 0 atom stereocenters. The summed E-state index contributed by atoms with van der Waals surface area (Å²) in [5.41, 5.74) is 21.7. The molecule has 0 saturated carbocycles. The number of furan rings is 1. The number of fused-ring (bicyclic) bond motifs is 13. The molecule has 14 rings (SSSR count). The molecule has 2 aliphatic rings. The van der Waals surface area contributed by atoms with Crippen molar-refractivity contribution in [2.45, 2.75) is 5.41 Å². The first-order chi connectivity index (χ1) is 33.7. The van der Waals surface area contributed by atoms with Crippen LogP contribution in [0.1, 0.15) is 22.3 Å². The van der Waals surface area contributed by atoms with E-state index in [4.69, 9.17) is 19.4 Å². The number of aromatic nitrogens is 3. The van der Waals surface area contributed by atoms with Gasteiger partial charge in [-0.2, -0.15) is 0 Å². The lowest BCUT2D eigenvalue weighted by molar-refractivity contribution is 0.669. The fourth-order valence-electron chi connectivity index (χ4n) is 11.2. The average Bonchev–Trinajstić information content (AvgIpc) is 4.05. The normalized spacial score (nSPS) is 12.8. The second-order valence-corrected chi connectivity index (χ2v) is 17.8. The molecule has 316 valence electrons. The summed E-state index contributed by atoms with van der Waals surface area (Å²) in [5, 5.41) is 1.99. The van der Waals surface area contributed by atoms with E-state index in [2.05, 4.69) is 164 Å². The molecule has 4 nitrogen and oxygen atoms in total. The van der Waals surface area contributed by atoms with Crippen molar-refractivity contribution < 1.29 is 4.42 Å². The first kappa shape index (κ1) is 38.3. The van der Waals surface area contributed by atoms with E-state index in [0.29, 0.717) is 17.5 Å². The fraction of sp³-hybridized carbons (Fsp3) is 0.0156. The maximum Gasteiger partial charge on any atom is 0.164 e. The van der Waals surface area contributed by atoms with Crippen molar-refractivity contribution >= 4 is 21.9 Å². The van der Waals surface area contributed by atoms with Crippen molar-refractivity contribution in [2.75, 3.05) is 0 Å². The van der Waals surface area contributed by atoms with Gasteiger partial charge in [-0.15, -0.1) is 0 Å². The molecule has 0 aliphatic heterocycles. The zero-order valence-electron chi connectivity index (χ0n) is 36.8. The molecule has 0 bridgehead atoms. The minimum atomic E-state index is -0.360. The first-order valence-electron chi connectivity index (χ1n) is 23.2. The minimum Gasteiger partial charge on any atom is -0.456 e. The van der Waals surface area contributed by atoms with Gasteiger partial charge >= 0.3 is 0 Å².